The number of rotatable bonds is 7. The van der Waals surface area contributed by atoms with Crippen LogP contribution in [0.25, 0.3) is 0 Å². The second-order valence-corrected chi connectivity index (χ2v) is 6.13. The minimum atomic E-state index is -0.440. The van der Waals surface area contributed by atoms with Crippen molar-refractivity contribution >= 4 is 11.8 Å². The van der Waals surface area contributed by atoms with E-state index in [1.807, 2.05) is 0 Å². The first-order chi connectivity index (χ1) is 11.5. The summed E-state index contributed by atoms with van der Waals surface area (Å²) in [7, 11) is 1.69. The van der Waals surface area contributed by atoms with Gasteiger partial charge in [0.05, 0.1) is 12.0 Å². The number of likely N-dealkylation sites (N-methyl/N-ethyl adjacent to an activating group) is 1. The van der Waals surface area contributed by atoms with E-state index in [9.17, 15) is 14.0 Å². The molecule has 0 radical (unpaired) electrons. The van der Waals surface area contributed by atoms with Gasteiger partial charge in [0.25, 0.3) is 0 Å². The molecule has 5 nitrogen and oxygen atoms in total. The molecule has 0 spiro atoms. The molecule has 2 rings (SSSR count). The van der Waals surface area contributed by atoms with E-state index in [4.69, 9.17) is 0 Å². The van der Waals surface area contributed by atoms with E-state index in [1.165, 1.54) is 12.1 Å². The molecule has 1 heterocycles. The normalized spacial score (nSPS) is 20.7. The summed E-state index contributed by atoms with van der Waals surface area (Å²) in [5.41, 5.74) is 0.786. The molecule has 0 aromatic heterocycles. The summed E-state index contributed by atoms with van der Waals surface area (Å²) in [6.45, 7) is 7.40. The number of amides is 2. The van der Waals surface area contributed by atoms with E-state index < -0.39 is 5.92 Å². The molecule has 1 fully saturated rings. The molecule has 6 heteroatoms. The minimum absolute atomic E-state index is 0.0618. The Morgan fingerprint density at radius 3 is 2.50 bits per heavy atom. The van der Waals surface area contributed by atoms with Crippen molar-refractivity contribution in [3.8, 4) is 0 Å². The van der Waals surface area contributed by atoms with Gasteiger partial charge >= 0.3 is 0 Å². The molecule has 132 valence electrons. The molecule has 24 heavy (non-hydrogen) atoms. The smallest absolute Gasteiger partial charge is 0.226 e. The van der Waals surface area contributed by atoms with Crippen molar-refractivity contribution < 1.29 is 14.0 Å². The molecule has 0 aliphatic carbocycles. The molecule has 1 saturated heterocycles. The third kappa shape index (κ3) is 4.12. The Bertz CT molecular complexity index is 572. The van der Waals surface area contributed by atoms with Crippen LogP contribution < -0.4 is 5.32 Å². The second-order valence-electron chi connectivity index (χ2n) is 6.13. The van der Waals surface area contributed by atoms with E-state index in [-0.39, 0.29) is 30.1 Å². The SMILES string of the molecule is CCN(CC)CCNC(=O)[C@@H]1CC(=O)N(C)[C@H]1c1ccc(F)cc1. The number of benzene rings is 1. The second kappa shape index (κ2) is 8.24. The van der Waals surface area contributed by atoms with E-state index in [1.54, 1.807) is 24.1 Å². The molecule has 2 amide bonds. The fraction of sp³-hybridized carbons (Fsp3) is 0.556. The van der Waals surface area contributed by atoms with Gasteiger partial charge in [-0.15, -0.1) is 0 Å². The maximum absolute atomic E-state index is 13.1. The van der Waals surface area contributed by atoms with Crippen molar-refractivity contribution in [3.05, 3.63) is 35.6 Å². The van der Waals surface area contributed by atoms with Crippen molar-refractivity contribution in [2.75, 3.05) is 33.2 Å². The quantitative estimate of drug-likeness (QED) is 0.827. The monoisotopic (exact) mass is 335 g/mol. The number of nitrogens with zero attached hydrogens (tertiary/aromatic N) is 2. The van der Waals surface area contributed by atoms with Crippen LogP contribution in [0, 0.1) is 11.7 Å². The van der Waals surface area contributed by atoms with E-state index in [2.05, 4.69) is 24.1 Å². The summed E-state index contributed by atoms with van der Waals surface area (Å²) in [6.07, 6.45) is 0.190. The highest BCUT2D eigenvalue weighted by Gasteiger charge is 2.42. The third-order valence-electron chi connectivity index (χ3n) is 4.76. The van der Waals surface area contributed by atoms with Gasteiger partial charge in [0, 0.05) is 26.6 Å². The number of nitrogens with one attached hydrogen (secondary N) is 1. The highest BCUT2D eigenvalue weighted by atomic mass is 19.1. The Labute approximate surface area is 142 Å². The van der Waals surface area contributed by atoms with E-state index in [0.717, 1.165) is 25.2 Å². The van der Waals surface area contributed by atoms with Gasteiger partial charge < -0.3 is 15.1 Å². The van der Waals surface area contributed by atoms with Crippen LogP contribution in [0.2, 0.25) is 0 Å². The zero-order valence-corrected chi connectivity index (χ0v) is 14.6. The Morgan fingerprint density at radius 2 is 1.92 bits per heavy atom. The Kier molecular flexibility index (Phi) is 6.31. The molecule has 0 unspecified atom stereocenters. The summed E-state index contributed by atoms with van der Waals surface area (Å²) in [6, 6.07) is 5.67. The first kappa shape index (κ1) is 18.4. The van der Waals surface area contributed by atoms with Crippen LogP contribution in [-0.4, -0.2) is 54.8 Å². The van der Waals surface area contributed by atoms with Gasteiger partial charge in [0.1, 0.15) is 5.82 Å². The zero-order valence-electron chi connectivity index (χ0n) is 14.6. The summed E-state index contributed by atoms with van der Waals surface area (Å²) < 4.78 is 13.1. The average Bonchev–Trinajstić information content (AvgIpc) is 2.88. The van der Waals surface area contributed by atoms with Crippen molar-refractivity contribution in [2.45, 2.75) is 26.3 Å². The largest absolute Gasteiger partial charge is 0.354 e. The average molecular weight is 335 g/mol. The first-order valence-electron chi connectivity index (χ1n) is 8.49. The number of hydrogen-bond acceptors (Lipinski definition) is 3. The van der Waals surface area contributed by atoms with Crippen molar-refractivity contribution in [1.82, 2.24) is 15.1 Å². The number of carbonyl (C=O) groups is 2. The lowest BCUT2D eigenvalue weighted by molar-refractivity contribution is -0.128. The van der Waals surface area contributed by atoms with Crippen LogP contribution in [0.4, 0.5) is 4.39 Å². The van der Waals surface area contributed by atoms with Crippen molar-refractivity contribution in [2.24, 2.45) is 5.92 Å². The van der Waals surface area contributed by atoms with E-state index >= 15 is 0 Å². The first-order valence-corrected chi connectivity index (χ1v) is 8.49. The fourth-order valence-electron chi connectivity index (χ4n) is 3.23. The molecule has 1 aliphatic rings. The lowest BCUT2D eigenvalue weighted by Gasteiger charge is -2.25. The van der Waals surface area contributed by atoms with E-state index in [0.29, 0.717) is 6.54 Å². The third-order valence-corrected chi connectivity index (χ3v) is 4.76. The minimum Gasteiger partial charge on any atom is -0.354 e. The van der Waals surface area contributed by atoms with Gasteiger partial charge in [0.15, 0.2) is 0 Å². The fourth-order valence-corrected chi connectivity index (χ4v) is 3.23. The van der Waals surface area contributed by atoms with Crippen molar-refractivity contribution in [1.29, 1.82) is 0 Å². The number of likely N-dealkylation sites (tertiary alicyclic amines) is 1. The Morgan fingerprint density at radius 1 is 1.29 bits per heavy atom. The van der Waals surface area contributed by atoms with Gasteiger partial charge in [-0.25, -0.2) is 4.39 Å². The molecular weight excluding hydrogens is 309 g/mol. The zero-order chi connectivity index (χ0) is 17.7. The maximum atomic E-state index is 13.1. The Balaban J connectivity index is 2.04. The molecule has 1 aromatic rings. The predicted molar refractivity (Wildman–Crippen MR) is 90.8 cm³/mol. The molecule has 0 saturated carbocycles. The number of halogens is 1. The van der Waals surface area contributed by atoms with Gasteiger partial charge in [-0.3, -0.25) is 9.59 Å². The highest BCUT2D eigenvalue weighted by Crippen LogP contribution is 2.37. The van der Waals surface area contributed by atoms with Crippen molar-refractivity contribution in [3.63, 3.8) is 0 Å². The molecule has 2 atom stereocenters. The van der Waals surface area contributed by atoms with Gasteiger partial charge in [0.2, 0.25) is 11.8 Å². The summed E-state index contributed by atoms with van der Waals surface area (Å²) >= 11 is 0. The van der Waals surface area contributed by atoms with Crippen LogP contribution in [-0.2, 0) is 9.59 Å². The molecular formula is C18H26FN3O2. The van der Waals surface area contributed by atoms with Crippen LogP contribution >= 0.6 is 0 Å². The topological polar surface area (TPSA) is 52.7 Å². The summed E-state index contributed by atoms with van der Waals surface area (Å²) in [5, 5.41) is 2.94. The van der Waals surface area contributed by atoms with Gasteiger partial charge in [-0.05, 0) is 30.8 Å². The number of carbonyl (C=O) groups excluding carboxylic acids is 2. The molecule has 1 aromatic carbocycles. The van der Waals surface area contributed by atoms with Crippen LogP contribution in [0.3, 0.4) is 0 Å². The highest BCUT2D eigenvalue weighted by molar-refractivity contribution is 5.90. The number of hydrogen-bond donors (Lipinski definition) is 1. The van der Waals surface area contributed by atoms with Crippen LogP contribution in [0.1, 0.15) is 31.9 Å². The van der Waals surface area contributed by atoms with Crippen LogP contribution in [0.5, 0.6) is 0 Å². The molecule has 0 bridgehead atoms. The van der Waals surface area contributed by atoms with Crippen LogP contribution in [0.15, 0.2) is 24.3 Å². The summed E-state index contributed by atoms with van der Waals surface area (Å²) in [5.74, 6) is -0.946. The van der Waals surface area contributed by atoms with Gasteiger partial charge in [-0.2, -0.15) is 0 Å². The lowest BCUT2D eigenvalue weighted by atomic mass is 9.93. The maximum Gasteiger partial charge on any atom is 0.226 e. The standard InChI is InChI=1S/C18H26FN3O2/c1-4-22(5-2)11-10-20-18(24)15-12-16(23)21(3)17(15)13-6-8-14(19)9-7-13/h6-9,15,17H,4-5,10-12H2,1-3H3,(H,20,24)/t15-,17+/m1/s1. The predicted octanol–water partition coefficient (Wildman–Crippen LogP) is 1.80. The molecule has 1 aliphatic heterocycles. The molecule has 1 N–H and O–H groups in total. The lowest BCUT2D eigenvalue weighted by Crippen LogP contribution is -2.39. The van der Waals surface area contributed by atoms with Gasteiger partial charge in [-0.1, -0.05) is 26.0 Å². The Hall–Kier alpha value is -1.95. The summed E-state index contributed by atoms with van der Waals surface area (Å²) in [4.78, 5) is 28.5.